The van der Waals surface area contributed by atoms with Gasteiger partial charge in [-0.25, -0.2) is 5.10 Å². The number of fused-ring (bicyclic) bond motifs is 1. The van der Waals surface area contributed by atoms with Gasteiger partial charge in [-0.1, -0.05) is 50.8 Å². The third kappa shape index (κ3) is 5.54. The first-order valence-corrected chi connectivity index (χ1v) is 11.3. The zero-order valence-electron chi connectivity index (χ0n) is 18.5. The first-order valence-electron chi connectivity index (χ1n) is 11.3. The summed E-state index contributed by atoms with van der Waals surface area (Å²) in [6, 6.07) is 12.0. The molecule has 0 saturated heterocycles. The van der Waals surface area contributed by atoms with Gasteiger partial charge in [0.25, 0.3) is 5.91 Å². The predicted molar refractivity (Wildman–Crippen MR) is 122 cm³/mol. The van der Waals surface area contributed by atoms with Crippen LogP contribution in [0.2, 0.25) is 0 Å². The van der Waals surface area contributed by atoms with Crippen molar-refractivity contribution < 1.29 is 19.1 Å². The summed E-state index contributed by atoms with van der Waals surface area (Å²) < 4.78 is 11.8. The SMILES string of the molecule is CCCCCCCC(=O)c1ccc(C(=O)Nc2cccc3c2OC(c2nnn[nH]2)CO3)cc1. The number of benzene rings is 2. The van der Waals surface area contributed by atoms with Gasteiger partial charge < -0.3 is 14.8 Å². The maximum Gasteiger partial charge on any atom is 0.255 e. The summed E-state index contributed by atoms with van der Waals surface area (Å²) >= 11 is 0. The smallest absolute Gasteiger partial charge is 0.255 e. The Bertz CT molecular complexity index is 1080. The molecular weight excluding hydrogens is 422 g/mol. The molecule has 9 nitrogen and oxygen atoms in total. The number of amides is 1. The number of nitrogens with one attached hydrogen (secondary N) is 2. The minimum Gasteiger partial charge on any atom is -0.485 e. The Morgan fingerprint density at radius 3 is 2.61 bits per heavy atom. The first-order chi connectivity index (χ1) is 16.2. The molecule has 4 rings (SSSR count). The van der Waals surface area contributed by atoms with Crippen molar-refractivity contribution in [2.75, 3.05) is 11.9 Å². The number of carbonyl (C=O) groups excluding carboxylic acids is 2. The topological polar surface area (TPSA) is 119 Å². The van der Waals surface area contributed by atoms with Crippen molar-refractivity contribution in [1.29, 1.82) is 0 Å². The van der Waals surface area contributed by atoms with E-state index in [9.17, 15) is 9.59 Å². The number of hydrogen-bond donors (Lipinski definition) is 2. The van der Waals surface area contributed by atoms with Crippen LogP contribution in [0.3, 0.4) is 0 Å². The van der Waals surface area contributed by atoms with Gasteiger partial charge in [-0.05, 0) is 41.1 Å². The maximum absolute atomic E-state index is 12.8. The average Bonchev–Trinajstić information content (AvgIpc) is 3.39. The van der Waals surface area contributed by atoms with Crippen LogP contribution in [0.15, 0.2) is 42.5 Å². The molecule has 9 heteroatoms. The van der Waals surface area contributed by atoms with Crippen LogP contribution in [-0.2, 0) is 0 Å². The highest BCUT2D eigenvalue weighted by Gasteiger charge is 2.28. The Balaban J connectivity index is 1.38. The number of nitrogens with zero attached hydrogens (tertiary/aromatic N) is 3. The van der Waals surface area contributed by atoms with E-state index in [4.69, 9.17) is 9.47 Å². The predicted octanol–water partition coefficient (Wildman–Crippen LogP) is 4.51. The zero-order chi connectivity index (χ0) is 23.0. The second-order valence-electron chi connectivity index (χ2n) is 7.96. The van der Waals surface area contributed by atoms with Gasteiger partial charge in [-0.15, -0.1) is 5.10 Å². The van der Waals surface area contributed by atoms with E-state index < -0.39 is 6.10 Å². The number of ether oxygens (including phenoxy) is 2. The Labute approximate surface area is 191 Å². The summed E-state index contributed by atoms with van der Waals surface area (Å²) in [6.45, 7) is 2.42. The van der Waals surface area contributed by atoms with Crippen molar-refractivity contribution in [2.45, 2.75) is 51.6 Å². The minimum absolute atomic E-state index is 0.106. The van der Waals surface area contributed by atoms with Crippen molar-refractivity contribution >= 4 is 17.4 Å². The van der Waals surface area contributed by atoms with Gasteiger partial charge in [0.2, 0.25) is 0 Å². The van der Waals surface area contributed by atoms with Crippen molar-refractivity contribution in [3.63, 3.8) is 0 Å². The number of aromatic nitrogens is 4. The number of aromatic amines is 1. The lowest BCUT2D eigenvalue weighted by Gasteiger charge is -2.26. The molecule has 1 amide bonds. The van der Waals surface area contributed by atoms with E-state index >= 15 is 0 Å². The van der Waals surface area contributed by atoms with Crippen LogP contribution >= 0.6 is 0 Å². The lowest BCUT2D eigenvalue weighted by Crippen LogP contribution is -2.24. The Morgan fingerprint density at radius 2 is 1.85 bits per heavy atom. The molecule has 1 aromatic heterocycles. The normalized spacial score (nSPS) is 14.6. The molecule has 172 valence electrons. The minimum atomic E-state index is -0.516. The molecule has 2 N–H and O–H groups in total. The Hall–Kier alpha value is -3.75. The second-order valence-corrected chi connectivity index (χ2v) is 7.96. The van der Waals surface area contributed by atoms with Gasteiger partial charge in [-0.2, -0.15) is 0 Å². The molecule has 33 heavy (non-hydrogen) atoms. The molecule has 0 bridgehead atoms. The van der Waals surface area contributed by atoms with E-state index in [1.807, 2.05) is 0 Å². The fraction of sp³-hybridized carbons (Fsp3) is 0.375. The zero-order valence-corrected chi connectivity index (χ0v) is 18.5. The van der Waals surface area contributed by atoms with Crippen molar-refractivity contribution in [1.82, 2.24) is 20.6 Å². The maximum atomic E-state index is 12.8. The van der Waals surface area contributed by atoms with E-state index in [0.717, 1.165) is 19.3 Å². The van der Waals surface area contributed by atoms with Gasteiger partial charge in [0.05, 0.1) is 5.69 Å². The van der Waals surface area contributed by atoms with Crippen LogP contribution < -0.4 is 14.8 Å². The number of ketones is 1. The van der Waals surface area contributed by atoms with Gasteiger partial charge in [0.1, 0.15) is 6.61 Å². The molecule has 1 atom stereocenters. The van der Waals surface area contributed by atoms with E-state index in [0.29, 0.717) is 40.6 Å². The summed E-state index contributed by atoms with van der Waals surface area (Å²) in [5, 5.41) is 16.5. The molecular formula is C24H27N5O4. The standard InChI is InChI=1S/C24H27N5O4/c1-2-3-4-5-6-9-19(30)16-11-13-17(14-12-16)24(31)25-18-8-7-10-20-22(18)33-21(15-32-20)23-26-28-29-27-23/h7-8,10-14,21H,2-6,9,15H2,1H3,(H,25,31)(H,26,27,28,29). The van der Waals surface area contributed by atoms with Gasteiger partial charge in [0.15, 0.2) is 29.2 Å². The Kier molecular flexibility index (Phi) is 7.29. The van der Waals surface area contributed by atoms with Gasteiger partial charge >= 0.3 is 0 Å². The van der Waals surface area contributed by atoms with Crippen molar-refractivity contribution in [2.24, 2.45) is 0 Å². The van der Waals surface area contributed by atoms with Crippen LogP contribution in [0, 0.1) is 0 Å². The summed E-state index contributed by atoms with van der Waals surface area (Å²) in [7, 11) is 0. The number of anilines is 1. The molecule has 0 fully saturated rings. The molecule has 3 aromatic rings. The number of unbranched alkanes of at least 4 members (excludes halogenated alkanes) is 4. The number of carbonyl (C=O) groups is 2. The molecule has 2 heterocycles. The average molecular weight is 450 g/mol. The monoisotopic (exact) mass is 449 g/mol. The molecule has 1 aliphatic heterocycles. The summed E-state index contributed by atoms with van der Waals surface area (Å²) in [4.78, 5) is 25.2. The lowest BCUT2D eigenvalue weighted by atomic mass is 10.0. The Morgan fingerprint density at radius 1 is 1.06 bits per heavy atom. The number of rotatable bonds is 10. The molecule has 2 aromatic carbocycles. The number of tetrazole rings is 1. The number of H-pyrrole nitrogens is 1. The molecule has 0 spiro atoms. The van der Waals surface area contributed by atoms with Gasteiger partial charge in [0, 0.05) is 17.5 Å². The summed E-state index contributed by atoms with van der Waals surface area (Å²) in [6.07, 6.45) is 5.54. The van der Waals surface area contributed by atoms with E-state index in [1.54, 1.807) is 42.5 Å². The van der Waals surface area contributed by atoms with Crippen LogP contribution in [0.25, 0.3) is 0 Å². The molecule has 0 aliphatic carbocycles. The highest BCUT2D eigenvalue weighted by molar-refractivity contribution is 6.06. The molecule has 0 saturated carbocycles. The van der Waals surface area contributed by atoms with Crippen LogP contribution in [0.4, 0.5) is 5.69 Å². The van der Waals surface area contributed by atoms with Gasteiger partial charge in [-0.3, -0.25) is 9.59 Å². The quantitative estimate of drug-likeness (QED) is 0.345. The molecule has 1 unspecified atom stereocenters. The van der Waals surface area contributed by atoms with Crippen LogP contribution in [0.1, 0.15) is 78.1 Å². The van der Waals surface area contributed by atoms with E-state index in [-0.39, 0.29) is 18.3 Å². The summed E-state index contributed by atoms with van der Waals surface area (Å²) in [5.41, 5.74) is 1.54. The number of Topliss-reactive ketones (excluding diaryl/α,β-unsaturated/α-hetero) is 1. The van der Waals surface area contributed by atoms with Crippen LogP contribution in [0.5, 0.6) is 11.5 Å². The largest absolute Gasteiger partial charge is 0.485 e. The number of hydrogen-bond acceptors (Lipinski definition) is 7. The van der Waals surface area contributed by atoms with E-state index in [1.165, 1.54) is 12.8 Å². The second kappa shape index (κ2) is 10.7. The molecule has 1 aliphatic rings. The highest BCUT2D eigenvalue weighted by atomic mass is 16.6. The fourth-order valence-corrected chi connectivity index (χ4v) is 3.66. The molecule has 0 radical (unpaired) electrons. The third-order valence-electron chi connectivity index (χ3n) is 5.52. The van der Waals surface area contributed by atoms with Crippen LogP contribution in [-0.4, -0.2) is 38.9 Å². The lowest BCUT2D eigenvalue weighted by molar-refractivity contribution is 0.0856. The number of para-hydroxylation sites is 1. The third-order valence-corrected chi connectivity index (χ3v) is 5.52. The first kappa shape index (κ1) is 22.4. The highest BCUT2D eigenvalue weighted by Crippen LogP contribution is 2.41. The van der Waals surface area contributed by atoms with Crippen molar-refractivity contribution in [3.8, 4) is 11.5 Å². The van der Waals surface area contributed by atoms with E-state index in [2.05, 4.69) is 32.9 Å². The summed E-state index contributed by atoms with van der Waals surface area (Å²) in [5.74, 6) is 1.17. The van der Waals surface area contributed by atoms with Crippen molar-refractivity contribution in [3.05, 3.63) is 59.4 Å². The fourth-order valence-electron chi connectivity index (χ4n) is 3.66.